The number of aromatic nitrogens is 3. The molecule has 0 radical (unpaired) electrons. The maximum Gasteiger partial charge on any atom is 0.137 e. The van der Waals surface area contributed by atoms with E-state index in [0.29, 0.717) is 6.54 Å². The van der Waals surface area contributed by atoms with E-state index in [2.05, 4.69) is 32.9 Å². The molecule has 3 rings (SSSR count). The standard InChI is InChI=1S/C17H21BrClN3O/c1-16(9-18)7-6-14(8-13-2-4-15(19)5-3-13)17(16,23)10-22-12-20-11-21-22/h2-5,11-12,14,23H,6-10H2,1H3/t14-,16+,17+/m1/s1. The Morgan fingerprint density at radius 1 is 1.39 bits per heavy atom. The molecule has 3 atom stereocenters. The van der Waals surface area contributed by atoms with Crippen molar-refractivity contribution in [1.82, 2.24) is 14.8 Å². The van der Waals surface area contributed by atoms with Crippen LogP contribution >= 0.6 is 27.5 Å². The van der Waals surface area contributed by atoms with Gasteiger partial charge in [0.25, 0.3) is 0 Å². The molecule has 1 aromatic heterocycles. The number of halogens is 2. The van der Waals surface area contributed by atoms with Crippen molar-refractivity contribution in [2.24, 2.45) is 11.3 Å². The lowest BCUT2D eigenvalue weighted by molar-refractivity contribution is -0.0880. The minimum Gasteiger partial charge on any atom is -0.387 e. The van der Waals surface area contributed by atoms with E-state index < -0.39 is 5.60 Å². The summed E-state index contributed by atoms with van der Waals surface area (Å²) in [7, 11) is 0. The van der Waals surface area contributed by atoms with Crippen LogP contribution in [0.1, 0.15) is 25.3 Å². The van der Waals surface area contributed by atoms with Gasteiger partial charge in [0.1, 0.15) is 12.7 Å². The number of hydrogen-bond acceptors (Lipinski definition) is 3. The van der Waals surface area contributed by atoms with Crippen LogP contribution < -0.4 is 0 Å². The quantitative estimate of drug-likeness (QED) is 0.781. The van der Waals surface area contributed by atoms with Crippen molar-refractivity contribution >= 4 is 27.5 Å². The summed E-state index contributed by atoms with van der Waals surface area (Å²) in [6.45, 7) is 2.62. The summed E-state index contributed by atoms with van der Waals surface area (Å²) in [4.78, 5) is 4.00. The van der Waals surface area contributed by atoms with E-state index in [9.17, 15) is 5.11 Å². The SMILES string of the molecule is C[C@@]1(CBr)CC[C@H](Cc2ccc(Cl)cc2)[C@@]1(O)Cn1cncn1. The van der Waals surface area contributed by atoms with Crippen molar-refractivity contribution < 1.29 is 5.11 Å². The van der Waals surface area contributed by atoms with Crippen molar-refractivity contribution in [3.8, 4) is 0 Å². The monoisotopic (exact) mass is 397 g/mol. The average molecular weight is 399 g/mol. The third-order valence-corrected chi connectivity index (χ3v) is 6.81. The summed E-state index contributed by atoms with van der Waals surface area (Å²) in [5.41, 5.74) is 0.190. The number of benzene rings is 1. The van der Waals surface area contributed by atoms with E-state index >= 15 is 0 Å². The second-order valence-corrected chi connectivity index (χ2v) is 7.77. The first kappa shape index (κ1) is 16.9. The molecule has 6 heteroatoms. The summed E-state index contributed by atoms with van der Waals surface area (Å²) in [6.07, 6.45) is 6.00. The predicted molar refractivity (Wildman–Crippen MR) is 94.8 cm³/mol. The molecular formula is C17H21BrClN3O. The van der Waals surface area contributed by atoms with Gasteiger partial charge >= 0.3 is 0 Å². The molecule has 1 aliphatic carbocycles. The van der Waals surface area contributed by atoms with Gasteiger partial charge in [0.2, 0.25) is 0 Å². The van der Waals surface area contributed by atoms with Crippen LogP contribution in [0.15, 0.2) is 36.9 Å². The normalized spacial score (nSPS) is 30.7. The molecule has 1 heterocycles. The number of aliphatic hydroxyl groups is 1. The Kier molecular flexibility index (Phi) is 4.81. The molecule has 0 spiro atoms. The Balaban J connectivity index is 1.87. The van der Waals surface area contributed by atoms with Gasteiger partial charge in [-0.2, -0.15) is 5.10 Å². The van der Waals surface area contributed by atoms with Crippen molar-refractivity contribution in [2.75, 3.05) is 5.33 Å². The van der Waals surface area contributed by atoms with Crippen LogP contribution in [0.2, 0.25) is 5.02 Å². The molecule has 1 saturated carbocycles. The fourth-order valence-corrected chi connectivity index (χ4v) is 4.57. The van der Waals surface area contributed by atoms with E-state index in [4.69, 9.17) is 11.6 Å². The number of hydrogen-bond donors (Lipinski definition) is 1. The third-order valence-electron chi connectivity index (χ3n) is 5.33. The lowest BCUT2D eigenvalue weighted by atomic mass is 9.72. The molecule has 0 bridgehead atoms. The van der Waals surface area contributed by atoms with Crippen LogP contribution in [0.5, 0.6) is 0 Å². The molecule has 1 fully saturated rings. The summed E-state index contributed by atoms with van der Waals surface area (Å²) >= 11 is 9.58. The van der Waals surface area contributed by atoms with E-state index in [1.807, 2.05) is 24.3 Å². The van der Waals surface area contributed by atoms with Gasteiger partial charge in [-0.05, 0) is 42.9 Å². The Labute approximate surface area is 150 Å². The zero-order chi connectivity index (χ0) is 16.5. The minimum atomic E-state index is -0.830. The van der Waals surface area contributed by atoms with Crippen LogP contribution in [0, 0.1) is 11.3 Å². The third kappa shape index (κ3) is 3.19. The first-order chi connectivity index (χ1) is 11.0. The maximum atomic E-state index is 11.6. The minimum absolute atomic E-state index is 0.176. The second-order valence-electron chi connectivity index (χ2n) is 6.78. The first-order valence-electron chi connectivity index (χ1n) is 7.82. The van der Waals surface area contributed by atoms with Crippen molar-refractivity contribution in [2.45, 2.75) is 38.3 Å². The summed E-state index contributed by atoms with van der Waals surface area (Å²) in [6, 6.07) is 7.90. The zero-order valence-corrected chi connectivity index (χ0v) is 15.5. The molecule has 4 nitrogen and oxygen atoms in total. The summed E-state index contributed by atoms with van der Waals surface area (Å²) in [5.74, 6) is 0.176. The second kappa shape index (κ2) is 6.54. The number of rotatable bonds is 5. The smallest absolute Gasteiger partial charge is 0.137 e. The van der Waals surface area contributed by atoms with Crippen molar-refractivity contribution in [1.29, 1.82) is 0 Å². The van der Waals surface area contributed by atoms with E-state index in [1.165, 1.54) is 11.9 Å². The maximum absolute atomic E-state index is 11.6. The topological polar surface area (TPSA) is 50.9 Å². The molecule has 2 aromatic rings. The largest absolute Gasteiger partial charge is 0.387 e. The van der Waals surface area contributed by atoms with Gasteiger partial charge < -0.3 is 5.11 Å². The highest BCUT2D eigenvalue weighted by atomic mass is 79.9. The molecule has 1 aliphatic rings. The van der Waals surface area contributed by atoms with Gasteiger partial charge in [-0.3, -0.25) is 4.68 Å². The Hall–Kier alpha value is -0.910. The van der Waals surface area contributed by atoms with Crippen LogP contribution in [0.4, 0.5) is 0 Å². The van der Waals surface area contributed by atoms with Gasteiger partial charge in [-0.15, -0.1) is 0 Å². The van der Waals surface area contributed by atoms with Crippen LogP contribution in [0.3, 0.4) is 0 Å². The van der Waals surface area contributed by atoms with Crippen molar-refractivity contribution in [3.63, 3.8) is 0 Å². The molecule has 1 N–H and O–H groups in total. The lowest BCUT2D eigenvalue weighted by Gasteiger charge is -2.42. The number of alkyl halides is 1. The van der Waals surface area contributed by atoms with Gasteiger partial charge in [-0.1, -0.05) is 46.6 Å². The highest BCUT2D eigenvalue weighted by Crippen LogP contribution is 2.52. The molecule has 0 saturated heterocycles. The van der Waals surface area contributed by atoms with E-state index in [1.54, 1.807) is 11.0 Å². The molecule has 23 heavy (non-hydrogen) atoms. The predicted octanol–water partition coefficient (Wildman–Crippen LogP) is 3.72. The Morgan fingerprint density at radius 3 is 2.74 bits per heavy atom. The molecule has 0 aliphatic heterocycles. The van der Waals surface area contributed by atoms with Crippen molar-refractivity contribution in [3.05, 3.63) is 47.5 Å². The average Bonchev–Trinajstić information content (AvgIpc) is 3.12. The molecule has 1 aromatic carbocycles. The fraction of sp³-hybridized carbons (Fsp3) is 0.529. The Morgan fingerprint density at radius 2 is 2.13 bits per heavy atom. The van der Waals surface area contributed by atoms with Gasteiger partial charge in [0.05, 0.1) is 12.1 Å². The molecular weight excluding hydrogens is 378 g/mol. The van der Waals surface area contributed by atoms with E-state index in [-0.39, 0.29) is 11.3 Å². The summed E-state index contributed by atoms with van der Waals surface area (Å²) in [5, 5.41) is 17.3. The van der Waals surface area contributed by atoms with Crippen LogP contribution in [-0.4, -0.2) is 30.8 Å². The highest BCUT2D eigenvalue weighted by Gasteiger charge is 2.56. The van der Waals surface area contributed by atoms with Gasteiger partial charge in [-0.25, -0.2) is 4.98 Å². The lowest BCUT2D eigenvalue weighted by Crippen LogP contribution is -2.51. The highest BCUT2D eigenvalue weighted by molar-refractivity contribution is 9.09. The fourth-order valence-electron chi connectivity index (χ4n) is 3.68. The van der Waals surface area contributed by atoms with Gasteiger partial charge in [0, 0.05) is 15.8 Å². The zero-order valence-electron chi connectivity index (χ0n) is 13.1. The molecule has 124 valence electrons. The van der Waals surface area contributed by atoms with Gasteiger partial charge in [0.15, 0.2) is 0 Å². The molecule has 0 amide bonds. The van der Waals surface area contributed by atoms with Crippen LogP contribution in [-0.2, 0) is 13.0 Å². The van der Waals surface area contributed by atoms with Crippen LogP contribution in [0.25, 0.3) is 0 Å². The Bertz CT molecular complexity index is 648. The first-order valence-corrected chi connectivity index (χ1v) is 9.32. The van der Waals surface area contributed by atoms with E-state index in [0.717, 1.165) is 29.6 Å². The molecule has 0 unspecified atom stereocenters. The number of nitrogens with zero attached hydrogens (tertiary/aromatic N) is 3. The summed E-state index contributed by atoms with van der Waals surface area (Å²) < 4.78 is 1.74.